The number of carbonyl (C=O) groups is 1. The first-order valence-electron chi connectivity index (χ1n) is 8.47. The number of benzene rings is 1. The molecule has 1 aromatic carbocycles. The van der Waals surface area contributed by atoms with Crippen molar-refractivity contribution in [3.8, 4) is 5.75 Å². The van der Waals surface area contributed by atoms with Crippen molar-refractivity contribution in [2.24, 2.45) is 0 Å². The zero-order chi connectivity index (χ0) is 16.8. The predicted molar refractivity (Wildman–Crippen MR) is 93.9 cm³/mol. The largest absolute Gasteiger partial charge is 0.479 e. The molecule has 23 heavy (non-hydrogen) atoms. The molecule has 0 saturated carbocycles. The van der Waals surface area contributed by atoms with Gasteiger partial charge in [0.05, 0.1) is 5.69 Å². The molecular formula is C18H29N3O2. The van der Waals surface area contributed by atoms with E-state index in [1.807, 2.05) is 12.1 Å². The predicted octanol–water partition coefficient (Wildman–Crippen LogP) is 2.57. The number of hydrogen-bond acceptors (Lipinski definition) is 4. The van der Waals surface area contributed by atoms with E-state index in [2.05, 4.69) is 42.2 Å². The molecule has 0 bridgehead atoms. The van der Waals surface area contributed by atoms with Gasteiger partial charge in [-0.2, -0.15) is 0 Å². The minimum atomic E-state index is -0.420. The molecule has 0 saturated heterocycles. The quantitative estimate of drug-likeness (QED) is 0.800. The lowest BCUT2D eigenvalue weighted by Gasteiger charge is -2.26. The average Bonchev–Trinajstić information content (AvgIpc) is 2.48. The van der Waals surface area contributed by atoms with Crippen LogP contribution in [0.2, 0.25) is 0 Å². The van der Waals surface area contributed by atoms with Crippen molar-refractivity contribution in [3.63, 3.8) is 0 Å². The van der Waals surface area contributed by atoms with E-state index in [4.69, 9.17) is 4.74 Å². The number of rotatable bonds is 8. The fourth-order valence-electron chi connectivity index (χ4n) is 2.81. The van der Waals surface area contributed by atoms with E-state index >= 15 is 0 Å². The Morgan fingerprint density at radius 2 is 2.00 bits per heavy atom. The number of hydrogen-bond donors (Lipinski definition) is 1. The Hall–Kier alpha value is -1.59. The van der Waals surface area contributed by atoms with Crippen LogP contribution in [0, 0.1) is 0 Å². The van der Waals surface area contributed by atoms with Gasteiger partial charge in [-0.1, -0.05) is 13.0 Å². The van der Waals surface area contributed by atoms with Gasteiger partial charge < -0.3 is 15.0 Å². The van der Waals surface area contributed by atoms with Gasteiger partial charge in [0.15, 0.2) is 6.10 Å². The number of nitrogens with one attached hydrogen (secondary N) is 1. The molecule has 128 valence electrons. The lowest BCUT2D eigenvalue weighted by Crippen LogP contribution is -2.34. The monoisotopic (exact) mass is 319 g/mol. The molecule has 0 aliphatic carbocycles. The second-order valence-corrected chi connectivity index (χ2v) is 6.51. The summed E-state index contributed by atoms with van der Waals surface area (Å²) in [5.74, 6) is 0.682. The van der Waals surface area contributed by atoms with Gasteiger partial charge in [0.1, 0.15) is 5.75 Å². The van der Waals surface area contributed by atoms with Crippen LogP contribution in [0.4, 0.5) is 5.69 Å². The van der Waals surface area contributed by atoms with E-state index in [1.54, 1.807) is 6.92 Å². The number of nitrogens with zero attached hydrogens (tertiary/aromatic N) is 2. The Labute approximate surface area is 139 Å². The minimum absolute atomic E-state index is 0.0777. The first-order chi connectivity index (χ1) is 11.0. The Bertz CT molecular complexity index is 531. The molecule has 1 atom stereocenters. The first-order valence-corrected chi connectivity index (χ1v) is 8.47. The van der Waals surface area contributed by atoms with E-state index < -0.39 is 6.10 Å². The maximum absolute atomic E-state index is 11.7. The molecule has 0 fully saturated rings. The first kappa shape index (κ1) is 17.8. The van der Waals surface area contributed by atoms with Crippen molar-refractivity contribution in [2.45, 2.75) is 39.3 Å². The second-order valence-electron chi connectivity index (χ2n) is 6.51. The summed E-state index contributed by atoms with van der Waals surface area (Å²) in [4.78, 5) is 16.4. The third-order valence-corrected chi connectivity index (χ3v) is 4.00. The van der Waals surface area contributed by atoms with E-state index in [0.717, 1.165) is 50.5 Å². The molecule has 5 nitrogen and oxygen atoms in total. The highest BCUT2D eigenvalue weighted by molar-refractivity contribution is 5.97. The summed E-state index contributed by atoms with van der Waals surface area (Å²) in [6, 6.07) is 6.09. The Morgan fingerprint density at radius 1 is 1.22 bits per heavy atom. The summed E-state index contributed by atoms with van der Waals surface area (Å²) in [6.07, 6.45) is 1.88. The third kappa shape index (κ3) is 5.22. The van der Waals surface area contributed by atoms with Crippen LogP contribution in [0.15, 0.2) is 18.2 Å². The average molecular weight is 319 g/mol. The van der Waals surface area contributed by atoms with Gasteiger partial charge in [-0.3, -0.25) is 9.69 Å². The van der Waals surface area contributed by atoms with E-state index in [9.17, 15) is 4.79 Å². The fraction of sp³-hybridized carbons (Fsp3) is 0.611. The lowest BCUT2D eigenvalue weighted by atomic mass is 10.1. The molecule has 1 aliphatic rings. The van der Waals surface area contributed by atoms with Crippen LogP contribution in [-0.2, 0) is 11.3 Å². The number of amides is 1. The number of anilines is 1. The van der Waals surface area contributed by atoms with Crippen LogP contribution in [-0.4, -0.2) is 55.5 Å². The SMILES string of the molecule is CCCN(CCCN(C)C)Cc1ccc2c(c1)NC(=O)C(C)O2. The van der Waals surface area contributed by atoms with Gasteiger partial charge in [0.2, 0.25) is 0 Å². The number of ether oxygens (including phenoxy) is 1. The summed E-state index contributed by atoms with van der Waals surface area (Å²) in [5.41, 5.74) is 2.00. The van der Waals surface area contributed by atoms with Crippen molar-refractivity contribution in [1.29, 1.82) is 0 Å². The molecule has 0 spiro atoms. The Kier molecular flexibility index (Phi) is 6.42. The summed E-state index contributed by atoms with van der Waals surface area (Å²) in [5, 5.41) is 2.92. The maximum Gasteiger partial charge on any atom is 0.265 e. The van der Waals surface area contributed by atoms with E-state index in [0.29, 0.717) is 0 Å². The standard InChI is InChI=1S/C18H29N3O2/c1-5-9-21(11-6-10-20(3)4)13-15-7-8-17-16(12-15)19-18(22)14(2)23-17/h7-8,12,14H,5-6,9-11,13H2,1-4H3,(H,19,22). The molecule has 0 aromatic heterocycles. The van der Waals surface area contributed by atoms with Crippen molar-refractivity contribution >= 4 is 11.6 Å². The highest BCUT2D eigenvalue weighted by Gasteiger charge is 2.23. The van der Waals surface area contributed by atoms with Gasteiger partial charge in [-0.05, 0) is 71.2 Å². The van der Waals surface area contributed by atoms with Gasteiger partial charge in [-0.15, -0.1) is 0 Å². The van der Waals surface area contributed by atoms with E-state index in [-0.39, 0.29) is 5.91 Å². The minimum Gasteiger partial charge on any atom is -0.479 e. The molecule has 1 unspecified atom stereocenters. The van der Waals surface area contributed by atoms with Crippen molar-refractivity contribution in [3.05, 3.63) is 23.8 Å². The topological polar surface area (TPSA) is 44.8 Å². The molecule has 1 aliphatic heterocycles. The van der Waals surface area contributed by atoms with Crippen molar-refractivity contribution < 1.29 is 9.53 Å². The van der Waals surface area contributed by atoms with Crippen LogP contribution in [0.1, 0.15) is 32.3 Å². The number of fused-ring (bicyclic) bond motifs is 1. The van der Waals surface area contributed by atoms with Crippen LogP contribution in [0.3, 0.4) is 0 Å². The van der Waals surface area contributed by atoms with Gasteiger partial charge in [0.25, 0.3) is 5.91 Å². The third-order valence-electron chi connectivity index (χ3n) is 4.00. The zero-order valence-corrected chi connectivity index (χ0v) is 14.8. The lowest BCUT2D eigenvalue weighted by molar-refractivity contribution is -0.122. The van der Waals surface area contributed by atoms with Crippen LogP contribution < -0.4 is 10.1 Å². The van der Waals surface area contributed by atoms with Gasteiger partial charge in [-0.25, -0.2) is 0 Å². The summed E-state index contributed by atoms with van der Waals surface area (Å²) < 4.78 is 5.61. The van der Waals surface area contributed by atoms with Crippen LogP contribution in [0.25, 0.3) is 0 Å². The van der Waals surface area contributed by atoms with E-state index in [1.165, 1.54) is 5.56 Å². The normalized spacial score (nSPS) is 17.1. The molecule has 1 N–H and O–H groups in total. The Morgan fingerprint density at radius 3 is 2.70 bits per heavy atom. The molecule has 0 radical (unpaired) electrons. The number of carbonyl (C=O) groups excluding carboxylic acids is 1. The molecular weight excluding hydrogens is 290 g/mol. The summed E-state index contributed by atoms with van der Waals surface area (Å²) >= 11 is 0. The maximum atomic E-state index is 11.7. The summed E-state index contributed by atoms with van der Waals surface area (Å²) in [6.45, 7) is 8.15. The molecule has 5 heteroatoms. The molecule has 1 aromatic rings. The smallest absolute Gasteiger partial charge is 0.265 e. The van der Waals surface area contributed by atoms with Crippen molar-refractivity contribution in [2.75, 3.05) is 39.0 Å². The zero-order valence-electron chi connectivity index (χ0n) is 14.8. The highest BCUT2D eigenvalue weighted by atomic mass is 16.5. The Balaban J connectivity index is 1.99. The highest BCUT2D eigenvalue weighted by Crippen LogP contribution is 2.30. The fourth-order valence-corrected chi connectivity index (χ4v) is 2.81. The van der Waals surface area contributed by atoms with Gasteiger partial charge >= 0.3 is 0 Å². The van der Waals surface area contributed by atoms with Gasteiger partial charge in [0, 0.05) is 6.54 Å². The molecule has 2 rings (SSSR count). The van der Waals surface area contributed by atoms with Crippen LogP contribution >= 0.6 is 0 Å². The second kappa shape index (κ2) is 8.31. The molecule has 1 heterocycles. The molecule has 1 amide bonds. The summed E-state index contributed by atoms with van der Waals surface area (Å²) in [7, 11) is 4.22. The van der Waals surface area contributed by atoms with Crippen LogP contribution in [0.5, 0.6) is 5.75 Å². The van der Waals surface area contributed by atoms with Crippen molar-refractivity contribution in [1.82, 2.24) is 9.80 Å².